The van der Waals surface area contributed by atoms with Gasteiger partial charge < -0.3 is 15.0 Å². The molecule has 4 nitrogen and oxygen atoms in total. The van der Waals surface area contributed by atoms with Gasteiger partial charge in [0, 0.05) is 50.0 Å². The molecule has 0 unspecified atom stereocenters. The predicted molar refractivity (Wildman–Crippen MR) is 72.7 cm³/mol. The number of H-pyrrole nitrogens is 1. The summed E-state index contributed by atoms with van der Waals surface area (Å²) in [6.07, 6.45) is 0. The summed E-state index contributed by atoms with van der Waals surface area (Å²) < 4.78 is 0. The third-order valence-corrected chi connectivity index (χ3v) is 3.65. The summed E-state index contributed by atoms with van der Waals surface area (Å²) in [5, 5.41) is 10.6. The maximum Gasteiger partial charge on any atom is 0.117 e. The number of fused-ring (bicyclic) bond motifs is 1. The van der Waals surface area contributed by atoms with Crippen LogP contribution in [-0.4, -0.2) is 53.1 Å². The molecule has 0 amide bonds. The van der Waals surface area contributed by atoms with Crippen LogP contribution in [0.15, 0.2) is 24.3 Å². The van der Waals surface area contributed by atoms with Crippen LogP contribution >= 0.6 is 0 Å². The smallest absolute Gasteiger partial charge is 0.117 e. The highest BCUT2D eigenvalue weighted by atomic mass is 16.3. The fourth-order valence-corrected chi connectivity index (χ4v) is 2.51. The Morgan fingerprint density at radius 1 is 1.17 bits per heavy atom. The third kappa shape index (κ3) is 2.35. The number of piperazine rings is 1. The Labute approximate surface area is 107 Å². The maximum atomic E-state index is 9.45. The van der Waals surface area contributed by atoms with Gasteiger partial charge in [-0.1, -0.05) is 0 Å². The molecule has 1 aliphatic heterocycles. The zero-order valence-corrected chi connectivity index (χ0v) is 10.7. The van der Waals surface area contributed by atoms with Crippen LogP contribution in [0.1, 0.15) is 5.69 Å². The van der Waals surface area contributed by atoms with Crippen LogP contribution in [0.4, 0.5) is 0 Å². The fourth-order valence-electron chi connectivity index (χ4n) is 2.51. The van der Waals surface area contributed by atoms with Crippen LogP contribution < -0.4 is 0 Å². The average Bonchev–Trinajstić information content (AvgIpc) is 2.73. The van der Waals surface area contributed by atoms with Gasteiger partial charge in [-0.3, -0.25) is 4.90 Å². The number of aromatic amines is 1. The minimum absolute atomic E-state index is 0.315. The number of nitrogens with zero attached hydrogens (tertiary/aromatic N) is 2. The van der Waals surface area contributed by atoms with Gasteiger partial charge in [0.25, 0.3) is 0 Å². The van der Waals surface area contributed by atoms with E-state index in [0.717, 1.165) is 43.6 Å². The van der Waals surface area contributed by atoms with Crippen LogP contribution in [0.2, 0.25) is 0 Å². The molecule has 2 aromatic rings. The molecule has 2 N–H and O–H groups in total. The summed E-state index contributed by atoms with van der Waals surface area (Å²) in [5.74, 6) is 0.315. The van der Waals surface area contributed by atoms with Crippen molar-refractivity contribution in [1.82, 2.24) is 14.8 Å². The first-order chi connectivity index (χ1) is 8.70. The molecule has 2 heterocycles. The van der Waals surface area contributed by atoms with E-state index < -0.39 is 0 Å². The van der Waals surface area contributed by atoms with Crippen molar-refractivity contribution in [2.24, 2.45) is 0 Å². The minimum atomic E-state index is 0.315. The van der Waals surface area contributed by atoms with Crippen molar-refractivity contribution < 1.29 is 5.11 Å². The standard InChI is InChI=1S/C14H19N3O/c1-16-4-6-17(7-5-16)10-12-8-11-2-3-13(18)9-14(11)15-12/h2-3,8-9,15,18H,4-7,10H2,1H3. The molecule has 1 aromatic carbocycles. The Balaban J connectivity index is 1.74. The van der Waals surface area contributed by atoms with Crippen molar-refractivity contribution >= 4 is 10.9 Å². The van der Waals surface area contributed by atoms with E-state index in [9.17, 15) is 5.11 Å². The van der Waals surface area contributed by atoms with Crippen LogP contribution in [-0.2, 0) is 6.54 Å². The van der Waals surface area contributed by atoms with Gasteiger partial charge in [0.1, 0.15) is 5.75 Å². The van der Waals surface area contributed by atoms with Crippen LogP contribution in [0.25, 0.3) is 10.9 Å². The Kier molecular flexibility index (Phi) is 2.97. The lowest BCUT2D eigenvalue weighted by molar-refractivity contribution is 0.147. The van der Waals surface area contributed by atoms with E-state index in [2.05, 4.69) is 27.9 Å². The van der Waals surface area contributed by atoms with E-state index in [1.807, 2.05) is 6.07 Å². The zero-order valence-electron chi connectivity index (χ0n) is 10.7. The summed E-state index contributed by atoms with van der Waals surface area (Å²) in [6, 6.07) is 7.64. The summed E-state index contributed by atoms with van der Waals surface area (Å²) in [4.78, 5) is 8.20. The van der Waals surface area contributed by atoms with E-state index in [1.54, 1.807) is 12.1 Å². The van der Waals surface area contributed by atoms with Gasteiger partial charge in [-0.15, -0.1) is 0 Å². The van der Waals surface area contributed by atoms with E-state index in [0.29, 0.717) is 5.75 Å². The second-order valence-electron chi connectivity index (χ2n) is 5.15. The van der Waals surface area contributed by atoms with Crippen molar-refractivity contribution in [2.45, 2.75) is 6.54 Å². The Morgan fingerprint density at radius 3 is 2.72 bits per heavy atom. The number of hydrogen-bond acceptors (Lipinski definition) is 3. The molecule has 1 aliphatic rings. The van der Waals surface area contributed by atoms with Gasteiger partial charge in [-0.2, -0.15) is 0 Å². The second kappa shape index (κ2) is 4.63. The van der Waals surface area contributed by atoms with Crippen molar-refractivity contribution in [3.8, 4) is 5.75 Å². The number of phenols is 1. The van der Waals surface area contributed by atoms with Crippen LogP contribution in [0.3, 0.4) is 0 Å². The summed E-state index contributed by atoms with van der Waals surface area (Å²) >= 11 is 0. The quantitative estimate of drug-likeness (QED) is 0.845. The van der Waals surface area contributed by atoms with E-state index in [4.69, 9.17) is 0 Å². The number of aromatic hydroxyl groups is 1. The molecule has 1 saturated heterocycles. The van der Waals surface area contributed by atoms with Gasteiger partial charge >= 0.3 is 0 Å². The van der Waals surface area contributed by atoms with Crippen molar-refractivity contribution in [3.05, 3.63) is 30.0 Å². The highest BCUT2D eigenvalue weighted by Crippen LogP contribution is 2.21. The predicted octanol–water partition coefficient (Wildman–Crippen LogP) is 1.62. The third-order valence-electron chi connectivity index (χ3n) is 3.65. The second-order valence-corrected chi connectivity index (χ2v) is 5.15. The lowest BCUT2D eigenvalue weighted by Crippen LogP contribution is -2.43. The molecular weight excluding hydrogens is 226 g/mol. The van der Waals surface area contributed by atoms with Crippen molar-refractivity contribution in [3.63, 3.8) is 0 Å². The van der Waals surface area contributed by atoms with E-state index >= 15 is 0 Å². The Hall–Kier alpha value is -1.52. The molecule has 0 bridgehead atoms. The molecule has 4 heteroatoms. The van der Waals surface area contributed by atoms with Crippen LogP contribution in [0, 0.1) is 0 Å². The number of aromatic nitrogens is 1. The lowest BCUT2D eigenvalue weighted by Gasteiger charge is -2.31. The highest BCUT2D eigenvalue weighted by molar-refractivity contribution is 5.81. The van der Waals surface area contributed by atoms with E-state index in [-0.39, 0.29) is 0 Å². The largest absolute Gasteiger partial charge is 0.508 e. The summed E-state index contributed by atoms with van der Waals surface area (Å²) in [5.41, 5.74) is 2.24. The SMILES string of the molecule is CN1CCN(Cc2cc3ccc(O)cc3[nH]2)CC1. The number of likely N-dealkylation sites (N-methyl/N-ethyl adjacent to an activating group) is 1. The van der Waals surface area contributed by atoms with Gasteiger partial charge in [0.15, 0.2) is 0 Å². The van der Waals surface area contributed by atoms with Gasteiger partial charge in [0.05, 0.1) is 0 Å². The molecule has 3 rings (SSSR count). The number of nitrogens with one attached hydrogen (secondary N) is 1. The Bertz CT molecular complexity index is 541. The topological polar surface area (TPSA) is 42.5 Å². The minimum Gasteiger partial charge on any atom is -0.508 e. The molecule has 18 heavy (non-hydrogen) atoms. The van der Waals surface area contributed by atoms with Crippen molar-refractivity contribution in [1.29, 1.82) is 0 Å². The van der Waals surface area contributed by atoms with Crippen LogP contribution in [0.5, 0.6) is 5.75 Å². The first-order valence-corrected chi connectivity index (χ1v) is 6.42. The Morgan fingerprint density at radius 2 is 1.94 bits per heavy atom. The molecule has 0 radical (unpaired) electrons. The molecule has 96 valence electrons. The monoisotopic (exact) mass is 245 g/mol. The molecule has 1 fully saturated rings. The van der Waals surface area contributed by atoms with Gasteiger partial charge in [0.2, 0.25) is 0 Å². The summed E-state index contributed by atoms with van der Waals surface area (Å²) in [7, 11) is 2.17. The fraction of sp³-hybridized carbons (Fsp3) is 0.429. The number of rotatable bonds is 2. The van der Waals surface area contributed by atoms with Crippen molar-refractivity contribution in [2.75, 3.05) is 33.2 Å². The average molecular weight is 245 g/mol. The zero-order chi connectivity index (χ0) is 12.5. The maximum absolute atomic E-state index is 9.45. The summed E-state index contributed by atoms with van der Waals surface area (Å²) in [6.45, 7) is 5.49. The normalized spacial score (nSPS) is 18.5. The molecular formula is C14H19N3O. The molecule has 1 aromatic heterocycles. The molecule has 0 spiro atoms. The first kappa shape index (κ1) is 11.6. The van der Waals surface area contributed by atoms with Gasteiger partial charge in [-0.25, -0.2) is 0 Å². The highest BCUT2D eigenvalue weighted by Gasteiger charge is 2.14. The number of phenolic OH excluding ortho intramolecular Hbond substituents is 1. The number of benzene rings is 1. The van der Waals surface area contributed by atoms with E-state index in [1.165, 1.54) is 5.69 Å². The molecule has 0 atom stereocenters. The van der Waals surface area contributed by atoms with Gasteiger partial charge in [-0.05, 0) is 30.6 Å². The molecule has 0 saturated carbocycles. The lowest BCUT2D eigenvalue weighted by atomic mass is 10.2. The first-order valence-electron chi connectivity index (χ1n) is 6.42. The number of hydrogen-bond donors (Lipinski definition) is 2. The molecule has 0 aliphatic carbocycles.